The van der Waals surface area contributed by atoms with Gasteiger partial charge in [-0.2, -0.15) is 0 Å². The first-order valence-corrected chi connectivity index (χ1v) is 6.14. The Morgan fingerprint density at radius 3 is 2.00 bits per heavy atom. The average Bonchev–Trinajstić information content (AvgIpc) is 2.39. The maximum atomic E-state index is 10.9. The quantitative estimate of drug-likeness (QED) is 0.769. The molecule has 0 atom stereocenters. The third-order valence-corrected chi connectivity index (χ3v) is 2.70. The van der Waals surface area contributed by atoms with Gasteiger partial charge in [0.05, 0.1) is 0 Å². The number of anilines is 1. The molecule has 1 N–H and O–H groups in total. The molecule has 2 rings (SSSR count). The van der Waals surface area contributed by atoms with Crippen molar-refractivity contribution in [3.63, 3.8) is 0 Å². The summed E-state index contributed by atoms with van der Waals surface area (Å²) in [4.78, 5) is 10.9. The highest BCUT2D eigenvalue weighted by Crippen LogP contribution is 2.12. The lowest BCUT2D eigenvalue weighted by molar-refractivity contribution is -0.671. The lowest BCUT2D eigenvalue weighted by atomic mass is 10.1. The highest BCUT2D eigenvalue weighted by molar-refractivity contribution is 5.88. The minimum absolute atomic E-state index is 0. The van der Waals surface area contributed by atoms with E-state index in [-0.39, 0.29) is 18.3 Å². The molecule has 0 radical (unpaired) electrons. The Kier molecular flexibility index (Phi) is 5.94. The van der Waals surface area contributed by atoms with E-state index in [1.807, 2.05) is 54.3 Å². The number of hydrogen-bond donors (Lipinski definition) is 1. The summed E-state index contributed by atoms with van der Waals surface area (Å²) in [5.41, 5.74) is 3.07. The number of aromatic nitrogens is 1. The Morgan fingerprint density at radius 1 is 1.00 bits per heavy atom. The number of nitrogens with one attached hydrogen (secondary N) is 1. The van der Waals surface area contributed by atoms with Crippen molar-refractivity contribution in [2.75, 3.05) is 5.32 Å². The molecular formula is C16H17ClN2O. The lowest BCUT2D eigenvalue weighted by Crippen LogP contribution is -3.00. The number of nitrogens with zero attached hydrogens (tertiary/aromatic N) is 1. The van der Waals surface area contributed by atoms with Crippen LogP contribution in [0.3, 0.4) is 0 Å². The minimum atomic E-state index is -0.0551. The summed E-state index contributed by atoms with van der Waals surface area (Å²) >= 11 is 0. The van der Waals surface area contributed by atoms with Crippen LogP contribution in [-0.2, 0) is 11.8 Å². The van der Waals surface area contributed by atoms with E-state index in [0.29, 0.717) is 0 Å². The number of hydrogen-bond acceptors (Lipinski definition) is 1. The SMILES string of the molecule is CC(=O)Nc1ccc(C=Cc2cc[n+](C)cc2)cc1.[Cl-]. The topological polar surface area (TPSA) is 33.0 Å². The molecule has 3 nitrogen and oxygen atoms in total. The third kappa shape index (κ3) is 4.86. The van der Waals surface area contributed by atoms with Crippen molar-refractivity contribution in [2.45, 2.75) is 6.92 Å². The Hall–Kier alpha value is -2.13. The molecular weight excluding hydrogens is 272 g/mol. The molecule has 0 saturated carbocycles. The van der Waals surface area contributed by atoms with Gasteiger partial charge >= 0.3 is 0 Å². The fourth-order valence-electron chi connectivity index (χ4n) is 1.70. The van der Waals surface area contributed by atoms with Crippen LogP contribution in [-0.4, -0.2) is 5.91 Å². The molecule has 0 spiro atoms. The number of carbonyl (C=O) groups is 1. The smallest absolute Gasteiger partial charge is 0.221 e. The van der Waals surface area contributed by atoms with E-state index in [2.05, 4.69) is 23.5 Å². The molecule has 1 amide bonds. The number of aryl methyl sites for hydroxylation is 1. The van der Waals surface area contributed by atoms with E-state index in [4.69, 9.17) is 0 Å². The van der Waals surface area contributed by atoms with Gasteiger partial charge in [0.2, 0.25) is 5.91 Å². The van der Waals surface area contributed by atoms with E-state index in [1.54, 1.807) is 0 Å². The van der Waals surface area contributed by atoms with Gasteiger partial charge in [-0.1, -0.05) is 24.3 Å². The highest BCUT2D eigenvalue weighted by Gasteiger charge is 1.95. The van der Waals surface area contributed by atoms with Crippen molar-refractivity contribution in [1.82, 2.24) is 0 Å². The zero-order chi connectivity index (χ0) is 13.7. The van der Waals surface area contributed by atoms with Crippen LogP contribution < -0.4 is 22.3 Å². The molecule has 0 aliphatic rings. The zero-order valence-electron chi connectivity index (χ0n) is 11.5. The van der Waals surface area contributed by atoms with Crippen molar-refractivity contribution in [3.05, 3.63) is 59.9 Å². The molecule has 1 heterocycles. The fourth-order valence-corrected chi connectivity index (χ4v) is 1.70. The molecule has 104 valence electrons. The maximum Gasteiger partial charge on any atom is 0.221 e. The van der Waals surface area contributed by atoms with Crippen molar-refractivity contribution >= 4 is 23.7 Å². The summed E-state index contributed by atoms with van der Waals surface area (Å²) in [5, 5.41) is 2.75. The first-order valence-electron chi connectivity index (χ1n) is 6.14. The molecule has 0 aliphatic heterocycles. The van der Waals surface area contributed by atoms with Crippen molar-refractivity contribution < 1.29 is 21.8 Å². The Labute approximate surface area is 125 Å². The largest absolute Gasteiger partial charge is 1.00 e. The monoisotopic (exact) mass is 288 g/mol. The molecule has 0 aliphatic carbocycles. The van der Waals surface area contributed by atoms with Crippen molar-refractivity contribution in [1.29, 1.82) is 0 Å². The van der Waals surface area contributed by atoms with Crippen LogP contribution in [0.1, 0.15) is 18.1 Å². The summed E-state index contributed by atoms with van der Waals surface area (Å²) in [6, 6.07) is 11.9. The van der Waals surface area contributed by atoms with Crippen LogP contribution in [0, 0.1) is 0 Å². The Balaban J connectivity index is 0.00000200. The van der Waals surface area contributed by atoms with E-state index >= 15 is 0 Å². The van der Waals surface area contributed by atoms with Crippen LogP contribution in [0.4, 0.5) is 5.69 Å². The van der Waals surface area contributed by atoms with Crippen LogP contribution in [0.5, 0.6) is 0 Å². The van der Waals surface area contributed by atoms with E-state index < -0.39 is 0 Å². The van der Waals surface area contributed by atoms with Crippen molar-refractivity contribution in [3.8, 4) is 0 Å². The second-order valence-electron chi connectivity index (χ2n) is 4.43. The molecule has 0 saturated heterocycles. The molecule has 0 bridgehead atoms. The van der Waals surface area contributed by atoms with Crippen molar-refractivity contribution in [2.24, 2.45) is 7.05 Å². The predicted molar refractivity (Wildman–Crippen MR) is 77.3 cm³/mol. The summed E-state index contributed by atoms with van der Waals surface area (Å²) in [6.07, 6.45) is 8.14. The van der Waals surface area contributed by atoms with Crippen LogP contribution in [0.25, 0.3) is 12.2 Å². The van der Waals surface area contributed by atoms with Gasteiger partial charge in [0.1, 0.15) is 7.05 Å². The summed E-state index contributed by atoms with van der Waals surface area (Å²) in [6.45, 7) is 1.50. The number of benzene rings is 1. The van der Waals surface area contributed by atoms with Gasteiger partial charge in [0, 0.05) is 24.7 Å². The van der Waals surface area contributed by atoms with E-state index in [9.17, 15) is 4.79 Å². The van der Waals surface area contributed by atoms with Gasteiger partial charge in [-0.05, 0) is 23.3 Å². The minimum Gasteiger partial charge on any atom is -1.00 e. The third-order valence-electron chi connectivity index (χ3n) is 2.70. The second-order valence-corrected chi connectivity index (χ2v) is 4.43. The summed E-state index contributed by atoms with van der Waals surface area (Å²) in [7, 11) is 1.99. The van der Waals surface area contributed by atoms with Crippen LogP contribution in [0.2, 0.25) is 0 Å². The van der Waals surface area contributed by atoms with Gasteiger partial charge in [-0.15, -0.1) is 0 Å². The summed E-state index contributed by atoms with van der Waals surface area (Å²) < 4.78 is 2.00. The Morgan fingerprint density at radius 2 is 1.50 bits per heavy atom. The molecule has 4 heteroatoms. The molecule has 1 aromatic carbocycles. The number of halogens is 1. The molecule has 2 aromatic rings. The Bertz CT molecular complexity index is 589. The standard InChI is InChI=1S/C16H16N2O.ClH/c1-13(19)17-16-7-5-14(6-8-16)3-4-15-9-11-18(2)12-10-15;/h3-12H,1-2H3;1H. The first-order chi connectivity index (χ1) is 9.13. The number of carbonyl (C=O) groups excluding carboxylic acids is 1. The van der Waals surface area contributed by atoms with Gasteiger partial charge < -0.3 is 17.7 Å². The molecule has 20 heavy (non-hydrogen) atoms. The average molecular weight is 289 g/mol. The second kappa shape index (κ2) is 7.46. The van der Waals surface area contributed by atoms with Gasteiger partial charge in [0.25, 0.3) is 0 Å². The lowest BCUT2D eigenvalue weighted by Gasteiger charge is -2.01. The highest BCUT2D eigenvalue weighted by atomic mass is 35.5. The van der Waals surface area contributed by atoms with Gasteiger partial charge in [0.15, 0.2) is 12.4 Å². The van der Waals surface area contributed by atoms with E-state index in [1.165, 1.54) is 6.92 Å². The number of amides is 1. The fraction of sp³-hybridized carbons (Fsp3) is 0.125. The van der Waals surface area contributed by atoms with Crippen LogP contribution in [0.15, 0.2) is 48.8 Å². The molecule has 1 aromatic heterocycles. The molecule has 0 unspecified atom stereocenters. The van der Waals surface area contributed by atoms with E-state index in [0.717, 1.165) is 16.8 Å². The first kappa shape index (κ1) is 15.9. The normalized spacial score (nSPS) is 10.1. The maximum absolute atomic E-state index is 10.9. The van der Waals surface area contributed by atoms with Crippen LogP contribution >= 0.6 is 0 Å². The number of pyridine rings is 1. The van der Waals surface area contributed by atoms with Gasteiger partial charge in [-0.25, -0.2) is 4.57 Å². The van der Waals surface area contributed by atoms with Gasteiger partial charge in [-0.3, -0.25) is 4.79 Å². The summed E-state index contributed by atoms with van der Waals surface area (Å²) in [5.74, 6) is -0.0551. The number of rotatable bonds is 3. The zero-order valence-corrected chi connectivity index (χ0v) is 12.3. The molecule has 0 fully saturated rings. The predicted octanol–water partition coefficient (Wildman–Crippen LogP) is -0.356.